The van der Waals surface area contributed by atoms with Crippen LogP contribution >= 0.6 is 0 Å². The van der Waals surface area contributed by atoms with Crippen LogP contribution in [-0.2, 0) is 4.79 Å². The number of hydrogen-bond donors (Lipinski definition) is 1. The first-order valence-electron chi connectivity index (χ1n) is 8.93. The number of carboxylic acid groups (broad SMARTS) is 1. The second-order valence-electron chi connectivity index (χ2n) is 7.47. The molecule has 0 amide bonds. The van der Waals surface area contributed by atoms with Crippen LogP contribution in [0.5, 0.6) is 0 Å². The van der Waals surface area contributed by atoms with Crippen LogP contribution in [-0.4, -0.2) is 11.1 Å². The molecular weight excluding hydrogens is 272 g/mol. The maximum atomic E-state index is 11.1. The largest absolute Gasteiger partial charge is 0.481 e. The topological polar surface area (TPSA) is 37.3 Å². The highest BCUT2D eigenvalue weighted by molar-refractivity contribution is 5.69. The van der Waals surface area contributed by atoms with E-state index >= 15 is 0 Å². The molecule has 120 valence electrons. The Labute approximate surface area is 133 Å². The molecule has 1 N–H and O–H groups in total. The van der Waals surface area contributed by atoms with E-state index in [-0.39, 0.29) is 5.92 Å². The molecular formula is C20H28O2. The van der Waals surface area contributed by atoms with Crippen molar-refractivity contribution < 1.29 is 9.90 Å². The average molecular weight is 300 g/mol. The molecule has 0 heterocycles. The Kier molecular flexibility index (Phi) is 4.85. The standard InChI is InChI=1S/C20H28O2/c1-14-2-4-15(5-3-14)16-6-8-17(9-7-16)18-10-12-19(13-11-18)20(21)22/h2-5,16-19H,6-13H2,1H3,(H,21,22). The lowest BCUT2D eigenvalue weighted by Crippen LogP contribution is -2.27. The molecule has 3 rings (SSSR count). The summed E-state index contributed by atoms with van der Waals surface area (Å²) in [5, 5.41) is 9.12. The van der Waals surface area contributed by atoms with E-state index in [1.165, 1.54) is 36.8 Å². The molecule has 2 fully saturated rings. The highest BCUT2D eigenvalue weighted by atomic mass is 16.4. The predicted octanol–water partition coefficient (Wildman–Crippen LogP) is 5.16. The molecule has 1 aromatic carbocycles. The first-order chi connectivity index (χ1) is 10.6. The third kappa shape index (κ3) is 3.53. The Morgan fingerprint density at radius 1 is 0.864 bits per heavy atom. The van der Waals surface area contributed by atoms with Gasteiger partial charge in [0.25, 0.3) is 0 Å². The molecule has 0 unspecified atom stereocenters. The number of carbonyl (C=O) groups is 1. The van der Waals surface area contributed by atoms with E-state index in [2.05, 4.69) is 31.2 Å². The van der Waals surface area contributed by atoms with Gasteiger partial charge in [0.15, 0.2) is 0 Å². The summed E-state index contributed by atoms with van der Waals surface area (Å²) in [7, 11) is 0. The fourth-order valence-corrected chi connectivity index (χ4v) is 4.60. The zero-order chi connectivity index (χ0) is 15.5. The third-order valence-electron chi connectivity index (χ3n) is 6.11. The monoisotopic (exact) mass is 300 g/mol. The van der Waals surface area contributed by atoms with Crippen molar-refractivity contribution in [3.8, 4) is 0 Å². The maximum Gasteiger partial charge on any atom is 0.306 e. The van der Waals surface area contributed by atoms with E-state index in [0.717, 1.165) is 43.4 Å². The highest BCUT2D eigenvalue weighted by Gasteiger charge is 2.32. The van der Waals surface area contributed by atoms with E-state index in [1.54, 1.807) is 0 Å². The number of rotatable bonds is 3. The SMILES string of the molecule is Cc1ccc(C2CCC(C3CCC(C(=O)O)CC3)CC2)cc1. The van der Waals surface area contributed by atoms with Crippen molar-refractivity contribution in [2.45, 2.75) is 64.2 Å². The minimum Gasteiger partial charge on any atom is -0.481 e. The van der Waals surface area contributed by atoms with Crippen molar-refractivity contribution in [3.05, 3.63) is 35.4 Å². The van der Waals surface area contributed by atoms with Gasteiger partial charge in [0.1, 0.15) is 0 Å². The molecule has 1 aromatic rings. The lowest BCUT2D eigenvalue weighted by Gasteiger charge is -2.37. The van der Waals surface area contributed by atoms with Crippen molar-refractivity contribution in [1.29, 1.82) is 0 Å². The maximum absolute atomic E-state index is 11.1. The highest BCUT2D eigenvalue weighted by Crippen LogP contribution is 2.43. The van der Waals surface area contributed by atoms with Crippen molar-refractivity contribution in [2.24, 2.45) is 17.8 Å². The van der Waals surface area contributed by atoms with Gasteiger partial charge in [-0.05, 0) is 81.6 Å². The molecule has 0 aromatic heterocycles. The van der Waals surface area contributed by atoms with Crippen LogP contribution in [0.2, 0.25) is 0 Å². The van der Waals surface area contributed by atoms with Crippen LogP contribution in [0.1, 0.15) is 68.4 Å². The van der Waals surface area contributed by atoms with Gasteiger partial charge in [0, 0.05) is 0 Å². The molecule has 2 aliphatic rings. The Balaban J connectivity index is 1.50. The Morgan fingerprint density at radius 3 is 1.86 bits per heavy atom. The van der Waals surface area contributed by atoms with Crippen LogP contribution in [0.25, 0.3) is 0 Å². The second kappa shape index (κ2) is 6.85. The van der Waals surface area contributed by atoms with Gasteiger partial charge in [-0.3, -0.25) is 4.79 Å². The molecule has 0 bridgehead atoms. The molecule has 0 saturated heterocycles. The summed E-state index contributed by atoms with van der Waals surface area (Å²) >= 11 is 0. The van der Waals surface area contributed by atoms with E-state index in [9.17, 15) is 4.79 Å². The average Bonchev–Trinajstić information content (AvgIpc) is 2.56. The molecule has 2 nitrogen and oxygen atoms in total. The fraction of sp³-hybridized carbons (Fsp3) is 0.650. The zero-order valence-corrected chi connectivity index (χ0v) is 13.6. The van der Waals surface area contributed by atoms with Crippen molar-refractivity contribution in [1.82, 2.24) is 0 Å². The molecule has 2 aliphatic carbocycles. The summed E-state index contributed by atoms with van der Waals surface area (Å²) < 4.78 is 0. The smallest absolute Gasteiger partial charge is 0.306 e. The van der Waals surface area contributed by atoms with E-state index in [0.29, 0.717) is 0 Å². The second-order valence-corrected chi connectivity index (χ2v) is 7.47. The number of benzene rings is 1. The Hall–Kier alpha value is -1.31. The summed E-state index contributed by atoms with van der Waals surface area (Å²) in [6.45, 7) is 2.15. The number of carboxylic acids is 1. The van der Waals surface area contributed by atoms with Gasteiger partial charge < -0.3 is 5.11 Å². The molecule has 0 spiro atoms. The van der Waals surface area contributed by atoms with Gasteiger partial charge in [0.05, 0.1) is 5.92 Å². The number of aliphatic carboxylic acids is 1. The van der Waals surface area contributed by atoms with Crippen molar-refractivity contribution >= 4 is 5.97 Å². The third-order valence-corrected chi connectivity index (χ3v) is 6.11. The Morgan fingerprint density at radius 2 is 1.36 bits per heavy atom. The number of hydrogen-bond acceptors (Lipinski definition) is 1. The molecule has 0 atom stereocenters. The quantitative estimate of drug-likeness (QED) is 0.837. The summed E-state index contributed by atoms with van der Waals surface area (Å²) in [6.07, 6.45) is 9.37. The zero-order valence-electron chi connectivity index (χ0n) is 13.6. The van der Waals surface area contributed by atoms with Crippen LogP contribution in [0.15, 0.2) is 24.3 Å². The summed E-state index contributed by atoms with van der Waals surface area (Å²) in [4.78, 5) is 11.1. The van der Waals surface area contributed by atoms with Gasteiger partial charge in [0.2, 0.25) is 0 Å². The van der Waals surface area contributed by atoms with Crippen LogP contribution < -0.4 is 0 Å². The van der Waals surface area contributed by atoms with Crippen molar-refractivity contribution in [2.75, 3.05) is 0 Å². The van der Waals surface area contributed by atoms with Crippen LogP contribution in [0.3, 0.4) is 0 Å². The van der Waals surface area contributed by atoms with Gasteiger partial charge in [-0.15, -0.1) is 0 Å². The van der Waals surface area contributed by atoms with Gasteiger partial charge in [-0.2, -0.15) is 0 Å². The normalized spacial score (nSPS) is 32.6. The minimum atomic E-state index is -0.582. The molecule has 22 heavy (non-hydrogen) atoms. The predicted molar refractivity (Wildman–Crippen MR) is 89.0 cm³/mol. The lowest BCUT2D eigenvalue weighted by atomic mass is 9.68. The van der Waals surface area contributed by atoms with Crippen LogP contribution in [0.4, 0.5) is 0 Å². The van der Waals surface area contributed by atoms with E-state index in [4.69, 9.17) is 5.11 Å². The van der Waals surface area contributed by atoms with Gasteiger partial charge in [-0.1, -0.05) is 29.8 Å². The lowest BCUT2D eigenvalue weighted by molar-refractivity contribution is -0.143. The molecule has 2 saturated carbocycles. The van der Waals surface area contributed by atoms with E-state index < -0.39 is 5.97 Å². The van der Waals surface area contributed by atoms with Gasteiger partial charge >= 0.3 is 5.97 Å². The van der Waals surface area contributed by atoms with Crippen molar-refractivity contribution in [3.63, 3.8) is 0 Å². The first kappa shape index (κ1) is 15.6. The summed E-state index contributed by atoms with van der Waals surface area (Å²) in [5.41, 5.74) is 2.85. The van der Waals surface area contributed by atoms with E-state index in [1.807, 2.05) is 0 Å². The fourth-order valence-electron chi connectivity index (χ4n) is 4.60. The number of aryl methyl sites for hydroxylation is 1. The Bertz CT molecular complexity index is 489. The minimum absolute atomic E-state index is 0.0693. The molecule has 0 radical (unpaired) electrons. The van der Waals surface area contributed by atoms with Gasteiger partial charge in [-0.25, -0.2) is 0 Å². The molecule has 2 heteroatoms. The summed E-state index contributed by atoms with van der Waals surface area (Å²) in [6, 6.07) is 9.07. The van der Waals surface area contributed by atoms with Crippen LogP contribution in [0, 0.1) is 24.7 Å². The molecule has 0 aliphatic heterocycles. The summed E-state index contributed by atoms with van der Waals surface area (Å²) in [5.74, 6) is 1.72. The first-order valence-corrected chi connectivity index (χ1v) is 8.93.